The summed E-state index contributed by atoms with van der Waals surface area (Å²) in [5.74, 6) is 2.80. The Kier molecular flexibility index (Phi) is 9.33. The van der Waals surface area contributed by atoms with E-state index in [0.717, 1.165) is 43.2 Å². The molecular weight excluding hydrogens is 540 g/mol. The maximum absolute atomic E-state index is 6.51. The van der Waals surface area contributed by atoms with Gasteiger partial charge in [0, 0.05) is 22.2 Å². The van der Waals surface area contributed by atoms with Gasteiger partial charge in [-0.1, -0.05) is 18.6 Å². The maximum atomic E-state index is 6.51. The number of ether oxygens (including phenoxy) is 3. The number of thiophene rings is 1. The lowest BCUT2D eigenvalue weighted by molar-refractivity contribution is 0.0622. The van der Waals surface area contributed by atoms with E-state index in [-0.39, 0.29) is 6.10 Å². The average molecular weight is 585 g/mol. The summed E-state index contributed by atoms with van der Waals surface area (Å²) >= 11 is 1.84. The van der Waals surface area contributed by atoms with Gasteiger partial charge in [-0.2, -0.15) is 0 Å². The SMILES string of the molecule is COc1ccc2c(Cc3ccc(OC4CCCCC4N(C)C)cc3)c(-c3ccc(OCCN4CCCC4)cc3)sc2c1. The quantitative estimate of drug-likeness (QED) is 0.179. The predicted octanol–water partition coefficient (Wildman–Crippen LogP) is 7.89. The summed E-state index contributed by atoms with van der Waals surface area (Å²) in [4.78, 5) is 6.11. The van der Waals surface area contributed by atoms with E-state index in [1.807, 2.05) is 11.3 Å². The standard InChI is InChI=1S/C36H44N2O3S/c1-37(2)33-8-4-5-9-34(33)41-29-14-10-26(11-15-29)24-32-31-19-18-30(39-3)25-35(31)42-36(32)27-12-16-28(17-13-27)40-23-22-38-20-6-7-21-38/h10-19,25,33-34H,4-9,20-24H2,1-3H3. The first-order valence-corrected chi connectivity index (χ1v) is 16.4. The molecule has 0 amide bonds. The first-order valence-electron chi connectivity index (χ1n) is 15.5. The van der Waals surface area contributed by atoms with Crippen molar-refractivity contribution in [3.63, 3.8) is 0 Å². The monoisotopic (exact) mass is 584 g/mol. The van der Waals surface area contributed by atoms with Gasteiger partial charge in [-0.15, -0.1) is 11.3 Å². The molecule has 2 unspecified atom stereocenters. The number of methoxy groups -OCH3 is 1. The summed E-state index contributed by atoms with van der Waals surface area (Å²) in [5.41, 5.74) is 3.87. The second-order valence-corrected chi connectivity index (χ2v) is 13.0. The lowest BCUT2D eigenvalue weighted by Crippen LogP contribution is -2.44. The van der Waals surface area contributed by atoms with Crippen LogP contribution in [0.1, 0.15) is 49.7 Å². The van der Waals surface area contributed by atoms with Crippen molar-refractivity contribution in [2.45, 2.75) is 57.1 Å². The molecule has 1 aliphatic carbocycles. The molecule has 1 saturated heterocycles. The molecular formula is C36H44N2O3S. The number of hydrogen-bond acceptors (Lipinski definition) is 6. The molecule has 6 heteroatoms. The zero-order chi connectivity index (χ0) is 28.9. The fraction of sp³-hybridized carbons (Fsp3) is 0.444. The van der Waals surface area contributed by atoms with Crippen molar-refractivity contribution in [3.05, 3.63) is 77.9 Å². The van der Waals surface area contributed by atoms with Crippen LogP contribution in [0.4, 0.5) is 0 Å². The molecule has 0 spiro atoms. The molecule has 0 radical (unpaired) electrons. The Balaban J connectivity index is 1.20. The van der Waals surface area contributed by atoms with Crippen LogP contribution in [0.5, 0.6) is 17.2 Å². The molecule has 1 aromatic heterocycles. The van der Waals surface area contributed by atoms with Gasteiger partial charge in [0.25, 0.3) is 0 Å². The molecule has 0 N–H and O–H groups in total. The van der Waals surface area contributed by atoms with Crippen LogP contribution < -0.4 is 14.2 Å². The highest BCUT2D eigenvalue weighted by Crippen LogP contribution is 2.42. The first-order chi connectivity index (χ1) is 20.6. The molecule has 222 valence electrons. The van der Waals surface area contributed by atoms with E-state index in [9.17, 15) is 0 Å². The third kappa shape index (κ3) is 6.77. The highest BCUT2D eigenvalue weighted by molar-refractivity contribution is 7.22. The van der Waals surface area contributed by atoms with Gasteiger partial charge in [0.1, 0.15) is 30.0 Å². The van der Waals surface area contributed by atoms with Crippen molar-refractivity contribution >= 4 is 21.4 Å². The van der Waals surface area contributed by atoms with Gasteiger partial charge in [0.2, 0.25) is 0 Å². The van der Waals surface area contributed by atoms with Crippen LogP contribution in [-0.2, 0) is 6.42 Å². The normalized spacial score (nSPS) is 19.4. The number of hydrogen-bond donors (Lipinski definition) is 0. The Morgan fingerprint density at radius 3 is 2.29 bits per heavy atom. The van der Waals surface area contributed by atoms with Crippen LogP contribution in [-0.4, -0.2) is 69.4 Å². The van der Waals surface area contributed by atoms with Crippen LogP contribution in [0.25, 0.3) is 20.5 Å². The molecule has 6 rings (SSSR count). The number of benzene rings is 3. The number of fused-ring (bicyclic) bond motifs is 1. The molecule has 0 bridgehead atoms. The van der Waals surface area contributed by atoms with Crippen LogP contribution >= 0.6 is 11.3 Å². The number of likely N-dealkylation sites (N-methyl/N-ethyl adjacent to an activating group) is 1. The fourth-order valence-electron chi connectivity index (χ4n) is 6.54. The van der Waals surface area contributed by atoms with E-state index in [1.165, 1.54) is 76.8 Å². The van der Waals surface area contributed by atoms with E-state index in [0.29, 0.717) is 6.04 Å². The molecule has 1 saturated carbocycles. The zero-order valence-corrected chi connectivity index (χ0v) is 26.1. The average Bonchev–Trinajstić information content (AvgIpc) is 3.66. The van der Waals surface area contributed by atoms with Gasteiger partial charge in [-0.05, 0) is 142 Å². The third-order valence-electron chi connectivity index (χ3n) is 8.91. The summed E-state index contributed by atoms with van der Waals surface area (Å²) in [6, 6.07) is 24.3. The van der Waals surface area contributed by atoms with Crippen LogP contribution in [0.3, 0.4) is 0 Å². The topological polar surface area (TPSA) is 34.2 Å². The molecule has 4 aromatic rings. The molecule has 1 aliphatic heterocycles. The predicted molar refractivity (Wildman–Crippen MR) is 175 cm³/mol. The molecule has 42 heavy (non-hydrogen) atoms. The van der Waals surface area contributed by atoms with E-state index < -0.39 is 0 Å². The van der Waals surface area contributed by atoms with Gasteiger partial charge in [0.05, 0.1) is 7.11 Å². The van der Waals surface area contributed by atoms with E-state index >= 15 is 0 Å². The smallest absolute Gasteiger partial charge is 0.120 e. The lowest BCUT2D eigenvalue weighted by atomic mass is 9.91. The van der Waals surface area contributed by atoms with Crippen molar-refractivity contribution in [2.75, 3.05) is 47.4 Å². The Morgan fingerprint density at radius 1 is 0.833 bits per heavy atom. The van der Waals surface area contributed by atoms with Crippen molar-refractivity contribution in [1.29, 1.82) is 0 Å². The van der Waals surface area contributed by atoms with Gasteiger partial charge in [-0.25, -0.2) is 0 Å². The van der Waals surface area contributed by atoms with Crippen LogP contribution in [0.15, 0.2) is 66.7 Å². The van der Waals surface area contributed by atoms with Gasteiger partial charge in [-0.3, -0.25) is 4.90 Å². The number of nitrogens with zero attached hydrogens (tertiary/aromatic N) is 2. The minimum atomic E-state index is 0.258. The highest BCUT2D eigenvalue weighted by Gasteiger charge is 2.28. The Hall–Kier alpha value is -3.06. The Bertz CT molecular complexity index is 1440. The summed E-state index contributed by atoms with van der Waals surface area (Å²) in [6.45, 7) is 4.15. The largest absolute Gasteiger partial charge is 0.497 e. The van der Waals surface area contributed by atoms with Crippen molar-refractivity contribution in [2.24, 2.45) is 0 Å². The van der Waals surface area contributed by atoms with Crippen molar-refractivity contribution in [1.82, 2.24) is 9.80 Å². The first kappa shape index (κ1) is 29.0. The summed E-state index contributed by atoms with van der Waals surface area (Å²) in [6.07, 6.45) is 8.62. The van der Waals surface area contributed by atoms with E-state index in [4.69, 9.17) is 14.2 Å². The third-order valence-corrected chi connectivity index (χ3v) is 10.2. The van der Waals surface area contributed by atoms with E-state index in [1.54, 1.807) is 7.11 Å². The lowest BCUT2D eigenvalue weighted by Gasteiger charge is -2.36. The summed E-state index contributed by atoms with van der Waals surface area (Å²) in [5, 5.41) is 1.29. The van der Waals surface area contributed by atoms with Gasteiger partial charge >= 0.3 is 0 Å². The molecule has 5 nitrogen and oxygen atoms in total. The van der Waals surface area contributed by atoms with Crippen molar-refractivity contribution < 1.29 is 14.2 Å². The van der Waals surface area contributed by atoms with Crippen LogP contribution in [0.2, 0.25) is 0 Å². The minimum Gasteiger partial charge on any atom is -0.497 e. The Labute approximate surface area is 255 Å². The summed E-state index contributed by atoms with van der Waals surface area (Å²) < 4.78 is 19.4. The zero-order valence-electron chi connectivity index (χ0n) is 25.3. The molecule has 3 aromatic carbocycles. The number of likely N-dealkylation sites (tertiary alicyclic amines) is 1. The molecule has 2 aliphatic rings. The van der Waals surface area contributed by atoms with Gasteiger partial charge < -0.3 is 19.1 Å². The number of rotatable bonds is 11. The van der Waals surface area contributed by atoms with Crippen molar-refractivity contribution in [3.8, 4) is 27.7 Å². The minimum absolute atomic E-state index is 0.258. The second kappa shape index (κ2) is 13.5. The van der Waals surface area contributed by atoms with Crippen LogP contribution in [0, 0.1) is 0 Å². The second-order valence-electron chi connectivity index (χ2n) is 12.0. The molecule has 2 heterocycles. The maximum Gasteiger partial charge on any atom is 0.120 e. The van der Waals surface area contributed by atoms with Gasteiger partial charge in [0.15, 0.2) is 0 Å². The van der Waals surface area contributed by atoms with E-state index in [2.05, 4.69) is 90.6 Å². The summed E-state index contributed by atoms with van der Waals surface area (Å²) in [7, 11) is 6.07. The highest BCUT2D eigenvalue weighted by atomic mass is 32.1. The molecule has 2 atom stereocenters. The molecule has 2 fully saturated rings. The Morgan fingerprint density at radius 2 is 1.55 bits per heavy atom. The fourth-order valence-corrected chi connectivity index (χ4v) is 7.79.